The average Bonchev–Trinajstić information content (AvgIpc) is 3.16. The molecule has 1 fully saturated rings. The number of nitrogens with one attached hydrogen (secondary N) is 1. The molecule has 3 unspecified atom stereocenters. The van der Waals surface area contributed by atoms with Gasteiger partial charge in [-0.2, -0.15) is 13.2 Å². The van der Waals surface area contributed by atoms with Crippen LogP contribution in [-0.4, -0.2) is 11.1 Å². The van der Waals surface area contributed by atoms with Crippen LogP contribution in [0.1, 0.15) is 29.5 Å². The zero-order valence-electron chi connectivity index (χ0n) is 15.6. The maximum Gasteiger partial charge on any atom is 0.393 e. The van der Waals surface area contributed by atoms with E-state index in [0.29, 0.717) is 11.4 Å². The van der Waals surface area contributed by atoms with Gasteiger partial charge in [0.05, 0.1) is 11.3 Å². The second-order valence-electron chi connectivity index (χ2n) is 7.43. The van der Waals surface area contributed by atoms with E-state index < -0.39 is 40.9 Å². The highest BCUT2D eigenvalue weighted by Gasteiger charge is 2.63. The molecule has 0 saturated heterocycles. The third-order valence-corrected chi connectivity index (χ3v) is 6.08. The van der Waals surface area contributed by atoms with Crippen LogP contribution in [0.15, 0.2) is 42.6 Å². The van der Waals surface area contributed by atoms with E-state index in [0.717, 1.165) is 0 Å². The number of benzene rings is 2. The molecule has 1 aliphatic carbocycles. The van der Waals surface area contributed by atoms with E-state index in [2.05, 4.69) is 11.9 Å². The first-order chi connectivity index (χ1) is 13.3. The Morgan fingerprint density at radius 1 is 1.21 bits per heavy atom. The zero-order chi connectivity index (χ0) is 21.7. The van der Waals surface area contributed by atoms with Crippen molar-refractivity contribution in [2.75, 3.05) is 5.32 Å². The quantitative estimate of drug-likeness (QED) is 0.371. The summed E-state index contributed by atoms with van der Waals surface area (Å²) < 4.78 is 66.3. The lowest BCUT2D eigenvalue weighted by Gasteiger charge is -2.14. The predicted octanol–water partition coefficient (Wildman–Crippen LogP) is 7.37. The van der Waals surface area contributed by atoms with Gasteiger partial charge in [-0.15, -0.1) is 11.6 Å². The van der Waals surface area contributed by atoms with E-state index in [1.54, 1.807) is 6.92 Å². The standard InChI is InChI=1S/C21H18Cl2F5N/c1-10-16(24)7-5-14(19(10)25)18-17(20(18,3)23)11(2)29-13-4-6-15(22)12(8-13)9-21(26,27)28/h4-8,17-18,29H,2,9H2,1,3H3. The molecule has 0 bridgehead atoms. The van der Waals surface area contributed by atoms with Gasteiger partial charge in [0.1, 0.15) is 11.6 Å². The normalized spacial score (nSPS) is 23.8. The Bertz CT molecular complexity index is 968. The first-order valence-electron chi connectivity index (χ1n) is 8.77. The van der Waals surface area contributed by atoms with Crippen molar-refractivity contribution in [3.63, 3.8) is 0 Å². The molecular weight excluding hydrogens is 432 g/mol. The van der Waals surface area contributed by atoms with Gasteiger partial charge in [0, 0.05) is 33.8 Å². The molecule has 2 aromatic rings. The average molecular weight is 450 g/mol. The number of anilines is 1. The number of hydrogen-bond acceptors (Lipinski definition) is 1. The topological polar surface area (TPSA) is 12.0 Å². The van der Waals surface area contributed by atoms with Crippen molar-refractivity contribution < 1.29 is 22.0 Å². The van der Waals surface area contributed by atoms with E-state index in [-0.39, 0.29) is 21.7 Å². The molecule has 0 radical (unpaired) electrons. The molecule has 0 spiro atoms. The summed E-state index contributed by atoms with van der Waals surface area (Å²) in [5.74, 6) is -2.15. The number of alkyl halides is 4. The number of allylic oxidation sites excluding steroid dienone is 1. The Labute approximate surface area is 175 Å². The van der Waals surface area contributed by atoms with Crippen molar-refractivity contribution in [1.29, 1.82) is 0 Å². The first-order valence-corrected chi connectivity index (χ1v) is 9.53. The van der Waals surface area contributed by atoms with Crippen molar-refractivity contribution in [1.82, 2.24) is 0 Å². The van der Waals surface area contributed by atoms with Crippen molar-refractivity contribution in [3.8, 4) is 0 Å². The summed E-state index contributed by atoms with van der Waals surface area (Å²) in [5.41, 5.74) is 0.914. The smallest absolute Gasteiger partial charge is 0.359 e. The lowest BCUT2D eigenvalue weighted by atomic mass is 10.0. The van der Waals surface area contributed by atoms with Gasteiger partial charge in [-0.1, -0.05) is 24.2 Å². The molecule has 0 aromatic heterocycles. The Balaban J connectivity index is 1.82. The van der Waals surface area contributed by atoms with E-state index in [4.69, 9.17) is 23.2 Å². The molecule has 2 aromatic carbocycles. The molecule has 29 heavy (non-hydrogen) atoms. The molecule has 8 heteroatoms. The highest BCUT2D eigenvalue weighted by atomic mass is 35.5. The molecule has 3 rings (SSSR count). The highest BCUT2D eigenvalue weighted by molar-refractivity contribution is 6.31. The minimum absolute atomic E-state index is 0.00817. The maximum atomic E-state index is 14.5. The predicted molar refractivity (Wildman–Crippen MR) is 106 cm³/mol. The van der Waals surface area contributed by atoms with Gasteiger partial charge in [-0.3, -0.25) is 0 Å². The SMILES string of the molecule is C=C(Nc1ccc(Cl)c(CC(F)(F)F)c1)C1C(c2ccc(F)c(C)c2F)C1(C)Cl. The molecule has 1 saturated carbocycles. The number of halogens is 7. The van der Waals surface area contributed by atoms with Gasteiger partial charge in [0.15, 0.2) is 0 Å². The summed E-state index contributed by atoms with van der Waals surface area (Å²) >= 11 is 12.4. The fraction of sp³-hybridized carbons (Fsp3) is 0.333. The molecule has 1 aliphatic rings. The van der Waals surface area contributed by atoms with E-state index in [9.17, 15) is 22.0 Å². The maximum absolute atomic E-state index is 14.5. The Morgan fingerprint density at radius 3 is 2.48 bits per heavy atom. The van der Waals surface area contributed by atoms with Crippen LogP contribution in [0, 0.1) is 24.5 Å². The molecule has 1 N–H and O–H groups in total. The second-order valence-corrected chi connectivity index (χ2v) is 8.65. The Kier molecular flexibility index (Phi) is 5.65. The first kappa shape index (κ1) is 21.9. The van der Waals surface area contributed by atoms with Crippen molar-refractivity contribution in [2.24, 2.45) is 5.92 Å². The minimum atomic E-state index is -4.40. The number of hydrogen-bond donors (Lipinski definition) is 1. The lowest BCUT2D eigenvalue weighted by molar-refractivity contribution is -0.127. The van der Waals surface area contributed by atoms with Gasteiger partial charge in [-0.25, -0.2) is 8.78 Å². The van der Waals surface area contributed by atoms with Crippen LogP contribution < -0.4 is 5.32 Å². The van der Waals surface area contributed by atoms with Crippen molar-refractivity contribution >= 4 is 28.9 Å². The van der Waals surface area contributed by atoms with Gasteiger partial charge in [-0.05, 0) is 49.2 Å². The van der Waals surface area contributed by atoms with E-state index in [1.165, 1.54) is 37.3 Å². The summed E-state index contributed by atoms with van der Waals surface area (Å²) in [4.78, 5) is -0.865. The van der Waals surface area contributed by atoms with Gasteiger partial charge in [0.2, 0.25) is 0 Å². The van der Waals surface area contributed by atoms with Crippen LogP contribution in [0.2, 0.25) is 5.02 Å². The number of rotatable bonds is 5. The molecule has 1 nitrogen and oxygen atoms in total. The molecule has 3 atom stereocenters. The Morgan fingerprint density at radius 2 is 1.86 bits per heavy atom. The van der Waals surface area contributed by atoms with E-state index >= 15 is 0 Å². The molecule has 0 amide bonds. The van der Waals surface area contributed by atoms with Crippen molar-refractivity contribution in [3.05, 3.63) is 76.0 Å². The minimum Gasteiger partial charge on any atom is -0.359 e. The second kappa shape index (κ2) is 7.47. The van der Waals surface area contributed by atoms with Gasteiger partial charge < -0.3 is 5.32 Å². The molecule has 0 aliphatic heterocycles. The molecule has 0 heterocycles. The fourth-order valence-electron chi connectivity index (χ4n) is 3.70. The summed E-state index contributed by atoms with van der Waals surface area (Å²) in [6.07, 6.45) is -5.55. The van der Waals surface area contributed by atoms with Crippen LogP contribution in [-0.2, 0) is 6.42 Å². The summed E-state index contributed by atoms with van der Waals surface area (Å²) in [5, 5.41) is 2.96. The highest BCUT2D eigenvalue weighted by Crippen LogP contribution is 2.65. The van der Waals surface area contributed by atoms with Crippen LogP contribution in [0.3, 0.4) is 0 Å². The van der Waals surface area contributed by atoms with Gasteiger partial charge in [0.25, 0.3) is 0 Å². The van der Waals surface area contributed by atoms with Gasteiger partial charge >= 0.3 is 6.18 Å². The van der Waals surface area contributed by atoms with Crippen LogP contribution in [0.4, 0.5) is 27.6 Å². The molecular formula is C21H18Cl2F5N. The fourth-order valence-corrected chi connectivity index (χ4v) is 4.32. The summed E-state index contributed by atoms with van der Waals surface area (Å²) in [7, 11) is 0. The van der Waals surface area contributed by atoms with Crippen molar-refractivity contribution in [2.45, 2.75) is 37.2 Å². The summed E-state index contributed by atoms with van der Waals surface area (Å²) in [6, 6.07) is 6.74. The Hall–Kier alpha value is -1.79. The largest absolute Gasteiger partial charge is 0.393 e. The third-order valence-electron chi connectivity index (χ3n) is 5.24. The van der Waals surface area contributed by atoms with Crippen LogP contribution >= 0.6 is 23.2 Å². The van der Waals surface area contributed by atoms with Crippen LogP contribution in [0.25, 0.3) is 0 Å². The molecule has 156 valence electrons. The van der Waals surface area contributed by atoms with E-state index in [1.807, 2.05) is 0 Å². The summed E-state index contributed by atoms with van der Waals surface area (Å²) in [6.45, 7) is 6.99. The van der Waals surface area contributed by atoms with Crippen LogP contribution in [0.5, 0.6) is 0 Å². The lowest BCUT2D eigenvalue weighted by Crippen LogP contribution is -2.12. The zero-order valence-corrected chi connectivity index (χ0v) is 17.1. The third kappa shape index (κ3) is 4.38. The monoisotopic (exact) mass is 449 g/mol.